The van der Waals surface area contributed by atoms with E-state index in [9.17, 15) is 22.4 Å². The van der Waals surface area contributed by atoms with Gasteiger partial charge in [0, 0.05) is 5.56 Å². The minimum atomic E-state index is -4.88. The molecule has 0 aliphatic heterocycles. The molecule has 0 radical (unpaired) electrons. The SMILES string of the molecule is NC(=O)NN=Cc1cc(OC(F)(F)F)ccc1F. The summed E-state index contributed by atoms with van der Waals surface area (Å²) in [6.45, 7) is 0. The zero-order valence-corrected chi connectivity index (χ0v) is 8.66. The Morgan fingerprint density at radius 2 is 2.11 bits per heavy atom. The number of amides is 2. The van der Waals surface area contributed by atoms with Crippen molar-refractivity contribution < 1.29 is 27.1 Å². The van der Waals surface area contributed by atoms with Crippen molar-refractivity contribution in [3.05, 3.63) is 29.6 Å². The Balaban J connectivity index is 2.88. The molecule has 5 nitrogen and oxygen atoms in total. The summed E-state index contributed by atoms with van der Waals surface area (Å²) in [6, 6.07) is 1.36. The van der Waals surface area contributed by atoms with Gasteiger partial charge in [0.05, 0.1) is 6.21 Å². The van der Waals surface area contributed by atoms with Gasteiger partial charge in [-0.15, -0.1) is 13.2 Å². The molecule has 0 aliphatic rings. The highest BCUT2D eigenvalue weighted by Crippen LogP contribution is 2.24. The number of ether oxygens (including phenoxy) is 1. The fourth-order valence-corrected chi connectivity index (χ4v) is 0.983. The van der Waals surface area contributed by atoms with Crippen LogP contribution < -0.4 is 15.9 Å². The zero-order chi connectivity index (χ0) is 13.8. The Bertz CT molecular complexity index is 473. The molecule has 18 heavy (non-hydrogen) atoms. The number of hydrogen-bond acceptors (Lipinski definition) is 3. The van der Waals surface area contributed by atoms with Gasteiger partial charge >= 0.3 is 12.4 Å². The third kappa shape index (κ3) is 4.68. The van der Waals surface area contributed by atoms with Crippen LogP contribution in [0.4, 0.5) is 22.4 Å². The third-order valence-corrected chi connectivity index (χ3v) is 1.58. The van der Waals surface area contributed by atoms with Crippen molar-refractivity contribution in [3.63, 3.8) is 0 Å². The molecule has 1 aromatic rings. The summed E-state index contributed by atoms with van der Waals surface area (Å²) >= 11 is 0. The van der Waals surface area contributed by atoms with Crippen LogP contribution in [0.5, 0.6) is 5.75 Å². The number of hydrogen-bond donors (Lipinski definition) is 2. The molecule has 0 aromatic heterocycles. The molecule has 98 valence electrons. The average molecular weight is 265 g/mol. The summed E-state index contributed by atoms with van der Waals surface area (Å²) in [5.74, 6) is -1.44. The van der Waals surface area contributed by atoms with Gasteiger partial charge in [0.2, 0.25) is 0 Å². The maximum atomic E-state index is 13.2. The number of carbonyl (C=O) groups excluding carboxylic acids is 1. The van der Waals surface area contributed by atoms with E-state index >= 15 is 0 Å². The van der Waals surface area contributed by atoms with Crippen molar-refractivity contribution >= 4 is 12.2 Å². The molecule has 1 aromatic carbocycles. The highest BCUT2D eigenvalue weighted by Gasteiger charge is 2.31. The van der Waals surface area contributed by atoms with E-state index in [2.05, 4.69) is 15.6 Å². The second-order valence-electron chi connectivity index (χ2n) is 2.97. The molecule has 0 heterocycles. The minimum absolute atomic E-state index is 0.300. The van der Waals surface area contributed by atoms with Crippen LogP contribution >= 0.6 is 0 Å². The molecular formula is C9H7F4N3O2. The number of primary amides is 1. The van der Waals surface area contributed by atoms with Crippen molar-refractivity contribution in [2.45, 2.75) is 6.36 Å². The van der Waals surface area contributed by atoms with E-state index in [1.165, 1.54) is 0 Å². The Morgan fingerprint density at radius 3 is 2.67 bits per heavy atom. The first-order chi connectivity index (χ1) is 8.28. The van der Waals surface area contributed by atoms with E-state index in [1.807, 2.05) is 0 Å². The molecule has 2 amide bonds. The Hall–Kier alpha value is -2.32. The highest BCUT2D eigenvalue weighted by atomic mass is 19.4. The van der Waals surface area contributed by atoms with E-state index in [1.54, 1.807) is 5.43 Å². The van der Waals surface area contributed by atoms with Gasteiger partial charge in [-0.3, -0.25) is 0 Å². The largest absolute Gasteiger partial charge is 0.573 e. The van der Waals surface area contributed by atoms with E-state index in [0.29, 0.717) is 0 Å². The zero-order valence-electron chi connectivity index (χ0n) is 8.66. The van der Waals surface area contributed by atoms with Crippen molar-refractivity contribution in [1.82, 2.24) is 5.43 Å². The van der Waals surface area contributed by atoms with Crippen molar-refractivity contribution in [2.24, 2.45) is 10.8 Å². The van der Waals surface area contributed by atoms with E-state index in [4.69, 9.17) is 0 Å². The van der Waals surface area contributed by atoms with Gasteiger partial charge in [-0.1, -0.05) is 0 Å². The number of nitrogens with one attached hydrogen (secondary N) is 1. The molecule has 0 fully saturated rings. The summed E-state index contributed by atoms with van der Waals surface area (Å²) in [7, 11) is 0. The van der Waals surface area contributed by atoms with Crippen LogP contribution in [0.2, 0.25) is 0 Å². The van der Waals surface area contributed by atoms with Gasteiger partial charge < -0.3 is 10.5 Å². The van der Waals surface area contributed by atoms with Crippen LogP contribution in [0, 0.1) is 5.82 Å². The lowest BCUT2D eigenvalue weighted by molar-refractivity contribution is -0.274. The topological polar surface area (TPSA) is 76.7 Å². The number of hydrazone groups is 1. The fraction of sp³-hybridized carbons (Fsp3) is 0.111. The van der Waals surface area contributed by atoms with Crippen LogP contribution in [0.3, 0.4) is 0 Å². The predicted octanol–water partition coefficient (Wildman–Crippen LogP) is 1.73. The molecule has 0 unspecified atom stereocenters. The normalized spacial score (nSPS) is 11.6. The molecule has 3 N–H and O–H groups in total. The van der Waals surface area contributed by atoms with Gasteiger partial charge in [-0.2, -0.15) is 5.10 Å². The first-order valence-electron chi connectivity index (χ1n) is 4.42. The van der Waals surface area contributed by atoms with E-state index in [-0.39, 0.29) is 5.56 Å². The number of urea groups is 1. The van der Waals surface area contributed by atoms with Crippen LogP contribution in [0.15, 0.2) is 23.3 Å². The maximum absolute atomic E-state index is 13.2. The monoisotopic (exact) mass is 265 g/mol. The van der Waals surface area contributed by atoms with Gasteiger partial charge in [-0.25, -0.2) is 14.6 Å². The van der Waals surface area contributed by atoms with Crippen LogP contribution in [-0.4, -0.2) is 18.6 Å². The molecule has 0 bridgehead atoms. The molecule has 0 spiro atoms. The van der Waals surface area contributed by atoms with Crippen molar-refractivity contribution in [3.8, 4) is 5.75 Å². The molecule has 1 rings (SSSR count). The van der Waals surface area contributed by atoms with E-state index in [0.717, 1.165) is 24.4 Å². The standard InChI is InChI=1S/C9H7F4N3O2/c10-7-2-1-6(18-9(11,12)13)3-5(7)4-15-16-8(14)17/h1-4H,(H3,14,16,17). The lowest BCUT2D eigenvalue weighted by Gasteiger charge is -2.09. The number of carbonyl (C=O) groups is 1. The second kappa shape index (κ2) is 5.34. The number of nitrogens with two attached hydrogens (primary N) is 1. The second-order valence-corrected chi connectivity index (χ2v) is 2.97. The molecule has 0 aliphatic carbocycles. The molecular weight excluding hydrogens is 258 g/mol. The first kappa shape index (κ1) is 13.7. The van der Waals surface area contributed by atoms with E-state index < -0.39 is 24.0 Å². The van der Waals surface area contributed by atoms with Gasteiger partial charge in [0.25, 0.3) is 0 Å². The molecule has 0 atom stereocenters. The van der Waals surface area contributed by atoms with Crippen LogP contribution in [-0.2, 0) is 0 Å². The van der Waals surface area contributed by atoms with Gasteiger partial charge in [-0.05, 0) is 18.2 Å². The molecule has 9 heteroatoms. The lowest BCUT2D eigenvalue weighted by atomic mass is 10.2. The number of nitrogens with zero attached hydrogens (tertiary/aromatic N) is 1. The summed E-state index contributed by atoms with van der Waals surface area (Å²) in [5, 5.41) is 3.21. The number of alkyl halides is 3. The summed E-state index contributed by atoms with van der Waals surface area (Å²) in [6.07, 6.45) is -4.08. The molecule has 0 saturated carbocycles. The summed E-state index contributed by atoms with van der Waals surface area (Å²) < 4.78 is 52.5. The first-order valence-corrected chi connectivity index (χ1v) is 4.42. The van der Waals surface area contributed by atoms with Crippen LogP contribution in [0.1, 0.15) is 5.56 Å². The summed E-state index contributed by atoms with van der Waals surface area (Å²) in [5.41, 5.74) is 6.14. The number of benzene rings is 1. The van der Waals surface area contributed by atoms with Crippen LogP contribution in [0.25, 0.3) is 0 Å². The minimum Gasteiger partial charge on any atom is -0.406 e. The Morgan fingerprint density at radius 1 is 1.44 bits per heavy atom. The highest BCUT2D eigenvalue weighted by molar-refractivity contribution is 5.82. The van der Waals surface area contributed by atoms with Gasteiger partial charge in [0.15, 0.2) is 0 Å². The average Bonchev–Trinajstić information content (AvgIpc) is 2.20. The quantitative estimate of drug-likeness (QED) is 0.496. The predicted molar refractivity (Wildman–Crippen MR) is 53.4 cm³/mol. The van der Waals surface area contributed by atoms with Crippen molar-refractivity contribution in [1.29, 1.82) is 0 Å². The maximum Gasteiger partial charge on any atom is 0.573 e. The number of rotatable bonds is 3. The lowest BCUT2D eigenvalue weighted by Crippen LogP contribution is -2.24. The fourth-order valence-electron chi connectivity index (χ4n) is 0.983. The Kier molecular flexibility index (Phi) is 4.08. The number of halogens is 4. The molecule has 0 saturated heterocycles. The summed E-state index contributed by atoms with van der Waals surface area (Å²) in [4.78, 5) is 10.3. The van der Waals surface area contributed by atoms with Crippen molar-refractivity contribution in [2.75, 3.05) is 0 Å². The smallest absolute Gasteiger partial charge is 0.406 e. The Labute approximate surface area is 98.2 Å². The third-order valence-electron chi connectivity index (χ3n) is 1.58. The van der Waals surface area contributed by atoms with Gasteiger partial charge in [0.1, 0.15) is 11.6 Å².